The highest BCUT2D eigenvalue weighted by Crippen LogP contribution is 2.54. The molecule has 1 spiro atoms. The summed E-state index contributed by atoms with van der Waals surface area (Å²) in [6.45, 7) is 6.77. The van der Waals surface area contributed by atoms with Gasteiger partial charge in [0.15, 0.2) is 0 Å². The summed E-state index contributed by atoms with van der Waals surface area (Å²) in [6.07, 6.45) is 1.34. The Bertz CT molecular complexity index is 729. The van der Waals surface area contributed by atoms with E-state index in [0.717, 1.165) is 17.5 Å². The third kappa shape index (κ3) is 3.88. The van der Waals surface area contributed by atoms with E-state index >= 15 is 0 Å². The van der Waals surface area contributed by atoms with Gasteiger partial charge < -0.3 is 19.3 Å². The predicted molar refractivity (Wildman–Crippen MR) is 107 cm³/mol. The number of fused-ring (bicyclic) bond motifs is 1. The Morgan fingerprint density at radius 3 is 2.56 bits per heavy atom. The van der Waals surface area contributed by atoms with Crippen molar-refractivity contribution in [2.75, 3.05) is 20.2 Å². The van der Waals surface area contributed by atoms with E-state index in [1.54, 1.807) is 7.11 Å². The van der Waals surface area contributed by atoms with Gasteiger partial charge in [-0.05, 0) is 63.3 Å². The minimum atomic E-state index is -1.25. The minimum Gasteiger partial charge on any atom is -0.598 e. The van der Waals surface area contributed by atoms with Crippen LogP contribution in [0.2, 0.25) is 5.02 Å². The summed E-state index contributed by atoms with van der Waals surface area (Å²) in [5, 5.41) is 9.83. The Kier molecular flexibility index (Phi) is 5.60. The van der Waals surface area contributed by atoms with Crippen LogP contribution in [0.4, 0.5) is 4.79 Å². The number of nitrogens with zero attached hydrogens (tertiary/aromatic N) is 1. The predicted octanol–water partition coefficient (Wildman–Crippen LogP) is 3.76. The van der Waals surface area contributed by atoms with Crippen LogP contribution < -0.4 is 9.46 Å². The van der Waals surface area contributed by atoms with Gasteiger partial charge in [0.1, 0.15) is 10.5 Å². The van der Waals surface area contributed by atoms with Gasteiger partial charge in [0.25, 0.3) is 0 Å². The quantitative estimate of drug-likeness (QED) is 0.735. The van der Waals surface area contributed by atoms with Crippen LogP contribution in [0.5, 0.6) is 5.75 Å². The second kappa shape index (κ2) is 7.35. The average Bonchev–Trinajstić information content (AvgIpc) is 2.86. The molecule has 0 radical (unpaired) electrons. The molecule has 0 unspecified atom stereocenters. The Labute approximate surface area is 168 Å². The molecule has 1 aromatic rings. The molecule has 0 saturated carbocycles. The van der Waals surface area contributed by atoms with Crippen LogP contribution in [0.3, 0.4) is 0 Å². The molecule has 2 aliphatic rings. The normalized spacial score (nSPS) is 22.6. The van der Waals surface area contributed by atoms with E-state index in [2.05, 4.69) is 4.72 Å². The molecule has 8 heteroatoms. The van der Waals surface area contributed by atoms with Crippen LogP contribution in [-0.4, -0.2) is 45.6 Å². The summed E-state index contributed by atoms with van der Waals surface area (Å²) in [4.78, 5) is 12.8. The third-order valence-electron chi connectivity index (χ3n) is 5.69. The number of rotatable bonds is 3. The van der Waals surface area contributed by atoms with E-state index in [9.17, 15) is 14.5 Å². The average molecular weight is 415 g/mol. The molecule has 1 aliphatic heterocycles. The number of hydrogen-bond donors (Lipinski definition) is 2. The van der Waals surface area contributed by atoms with Crippen molar-refractivity contribution in [1.82, 2.24) is 9.62 Å². The molecular formula is C19H27ClN2O4S. The molecule has 6 nitrogen and oxygen atoms in total. The zero-order valence-corrected chi connectivity index (χ0v) is 17.7. The number of piperidine rings is 1. The number of carbonyl (C=O) groups is 1. The van der Waals surface area contributed by atoms with Crippen molar-refractivity contribution in [3.8, 4) is 5.75 Å². The van der Waals surface area contributed by atoms with Gasteiger partial charge in [-0.2, -0.15) is 0 Å². The maximum Gasteiger partial charge on any atom is 0.407 e. The van der Waals surface area contributed by atoms with Gasteiger partial charge in [-0.15, -0.1) is 4.72 Å². The molecule has 1 aliphatic carbocycles. The van der Waals surface area contributed by atoms with E-state index in [1.807, 2.05) is 32.9 Å². The van der Waals surface area contributed by atoms with Crippen molar-refractivity contribution in [2.45, 2.75) is 50.8 Å². The highest BCUT2D eigenvalue weighted by atomic mass is 35.5. The second-order valence-electron chi connectivity index (χ2n) is 8.43. The fourth-order valence-corrected chi connectivity index (χ4v) is 5.28. The third-order valence-corrected chi connectivity index (χ3v) is 7.55. The Morgan fingerprint density at radius 1 is 1.41 bits per heavy atom. The highest BCUT2D eigenvalue weighted by Gasteiger charge is 2.51. The van der Waals surface area contributed by atoms with Crippen molar-refractivity contribution in [1.29, 1.82) is 0 Å². The van der Waals surface area contributed by atoms with Crippen LogP contribution in [0.1, 0.15) is 50.8 Å². The first-order chi connectivity index (χ1) is 12.6. The number of nitrogens with one attached hydrogen (secondary N) is 1. The topological polar surface area (TPSA) is 84.9 Å². The van der Waals surface area contributed by atoms with Crippen LogP contribution in [0.15, 0.2) is 12.1 Å². The summed E-state index contributed by atoms with van der Waals surface area (Å²) >= 11 is 5.13. The molecule has 2 N–H and O–H groups in total. The van der Waals surface area contributed by atoms with Gasteiger partial charge >= 0.3 is 6.09 Å². The van der Waals surface area contributed by atoms with Crippen molar-refractivity contribution in [3.63, 3.8) is 0 Å². The number of ether oxygens (including phenoxy) is 1. The zero-order valence-electron chi connectivity index (χ0n) is 16.2. The van der Waals surface area contributed by atoms with Gasteiger partial charge in [-0.3, -0.25) is 0 Å². The summed E-state index contributed by atoms with van der Waals surface area (Å²) in [6, 6.07) is 3.74. The fourth-order valence-electron chi connectivity index (χ4n) is 4.08. The summed E-state index contributed by atoms with van der Waals surface area (Å²) < 4.78 is 21.2. The summed E-state index contributed by atoms with van der Waals surface area (Å²) in [7, 11) is 1.59. The molecule has 1 fully saturated rings. The molecule has 1 heterocycles. The summed E-state index contributed by atoms with van der Waals surface area (Å²) in [5.74, 6) is 0.631. The van der Waals surface area contributed by atoms with Gasteiger partial charge in [0.2, 0.25) is 0 Å². The van der Waals surface area contributed by atoms with Crippen molar-refractivity contribution in [3.05, 3.63) is 28.3 Å². The zero-order chi connectivity index (χ0) is 20.0. The lowest BCUT2D eigenvalue weighted by Gasteiger charge is -2.43. The number of carboxylic acid groups (broad SMARTS) is 1. The number of halogens is 1. The van der Waals surface area contributed by atoms with Crippen LogP contribution in [0, 0.1) is 5.41 Å². The van der Waals surface area contributed by atoms with E-state index < -0.39 is 22.2 Å². The number of benzene rings is 1. The first-order valence-electron chi connectivity index (χ1n) is 9.10. The molecule has 0 bridgehead atoms. The lowest BCUT2D eigenvalue weighted by atomic mass is 9.73. The summed E-state index contributed by atoms with van der Waals surface area (Å²) in [5.41, 5.74) is 2.00. The Morgan fingerprint density at radius 2 is 2.04 bits per heavy atom. The van der Waals surface area contributed by atoms with E-state index in [-0.39, 0.29) is 11.5 Å². The van der Waals surface area contributed by atoms with E-state index in [0.29, 0.717) is 36.7 Å². The van der Waals surface area contributed by atoms with Crippen LogP contribution in [0.25, 0.3) is 0 Å². The molecular weight excluding hydrogens is 388 g/mol. The fraction of sp³-hybridized carbons (Fsp3) is 0.632. The maximum absolute atomic E-state index is 12.9. The number of amides is 1. The maximum atomic E-state index is 12.9. The molecule has 27 heavy (non-hydrogen) atoms. The van der Waals surface area contributed by atoms with Gasteiger partial charge in [0, 0.05) is 29.9 Å². The van der Waals surface area contributed by atoms with E-state index in [4.69, 9.17) is 16.3 Å². The lowest BCUT2D eigenvalue weighted by Crippen LogP contribution is -2.50. The molecule has 1 aromatic carbocycles. The van der Waals surface area contributed by atoms with Crippen molar-refractivity contribution < 1.29 is 19.2 Å². The molecule has 2 atom stereocenters. The number of hydrogen-bond acceptors (Lipinski definition) is 4. The minimum absolute atomic E-state index is 0.132. The highest BCUT2D eigenvalue weighted by molar-refractivity contribution is 7.90. The van der Waals surface area contributed by atoms with Gasteiger partial charge in [0.05, 0.1) is 18.2 Å². The molecule has 150 valence electrons. The van der Waals surface area contributed by atoms with Crippen molar-refractivity contribution >= 4 is 29.1 Å². The van der Waals surface area contributed by atoms with E-state index in [1.165, 1.54) is 4.90 Å². The number of methoxy groups -OCH3 is 1. The van der Waals surface area contributed by atoms with Crippen LogP contribution in [-0.2, 0) is 17.8 Å². The van der Waals surface area contributed by atoms with Gasteiger partial charge in [-0.25, -0.2) is 4.79 Å². The first kappa shape index (κ1) is 20.6. The second-order valence-corrected chi connectivity index (χ2v) is 10.8. The standard InChI is InChI=1S/C19H27ClN2O4S/c1-18(2,3)27(25)21-16-13-10-14(20)15(26-4)9-12(13)11-19(16)5-7-22(8-6-19)17(23)24/h9-10,16,21H,5-8,11H2,1-4H3,(H,23,24)/t16-,27+/m0/s1. The molecule has 1 amide bonds. The number of likely N-dealkylation sites (tertiary alicyclic amines) is 1. The van der Waals surface area contributed by atoms with Gasteiger partial charge in [-0.1, -0.05) is 11.6 Å². The first-order valence-corrected chi connectivity index (χ1v) is 10.6. The SMILES string of the molecule is COc1cc2c(cc1Cl)[C@H](N[S@+]([O-])C(C)(C)C)C1(CCN(C(=O)O)CC1)C2. The Hall–Kier alpha value is -1.15. The smallest absolute Gasteiger partial charge is 0.407 e. The van der Waals surface area contributed by atoms with Crippen molar-refractivity contribution in [2.24, 2.45) is 5.41 Å². The molecule has 0 aromatic heterocycles. The Balaban J connectivity index is 1.96. The monoisotopic (exact) mass is 414 g/mol. The lowest BCUT2D eigenvalue weighted by molar-refractivity contribution is 0.0764. The molecule has 3 rings (SSSR count). The largest absolute Gasteiger partial charge is 0.598 e. The van der Waals surface area contributed by atoms with Crippen LogP contribution >= 0.6 is 11.6 Å². The molecule has 1 saturated heterocycles.